The van der Waals surface area contributed by atoms with Crippen molar-refractivity contribution in [2.75, 3.05) is 13.7 Å². The van der Waals surface area contributed by atoms with Crippen LogP contribution in [0.4, 0.5) is 0 Å². The average Bonchev–Trinajstić information content (AvgIpc) is 2.28. The Morgan fingerprint density at radius 1 is 1.50 bits per heavy atom. The van der Waals surface area contributed by atoms with Crippen LogP contribution in [0.3, 0.4) is 0 Å². The van der Waals surface area contributed by atoms with Crippen molar-refractivity contribution in [2.45, 2.75) is 19.8 Å². The molecule has 88 valence electrons. The molecular weight excluding hydrogens is 206 g/mol. The maximum absolute atomic E-state index is 11.8. The molecule has 1 aromatic carbocycles. The third kappa shape index (κ3) is 2.89. The van der Waals surface area contributed by atoms with Gasteiger partial charge in [0.25, 0.3) is 5.91 Å². The number of rotatable bonds is 5. The van der Waals surface area contributed by atoms with Crippen LogP contribution in [-0.4, -0.2) is 24.7 Å². The summed E-state index contributed by atoms with van der Waals surface area (Å²) in [5.41, 5.74) is 0.195. The number of hydrogen-bond donors (Lipinski definition) is 2. The molecule has 1 rings (SSSR count). The highest BCUT2D eigenvalue weighted by molar-refractivity contribution is 5.99. The molecular formula is C12H17NO3. The van der Waals surface area contributed by atoms with E-state index in [-0.39, 0.29) is 17.2 Å². The first-order valence-corrected chi connectivity index (χ1v) is 5.34. The van der Waals surface area contributed by atoms with Gasteiger partial charge in [-0.15, -0.1) is 0 Å². The van der Waals surface area contributed by atoms with Crippen LogP contribution in [0.25, 0.3) is 0 Å². The summed E-state index contributed by atoms with van der Waals surface area (Å²) in [7, 11) is 1.47. The largest absolute Gasteiger partial charge is 0.507 e. The van der Waals surface area contributed by atoms with Gasteiger partial charge in [0.2, 0.25) is 0 Å². The number of phenols is 1. The fraction of sp³-hybridized carbons (Fsp3) is 0.417. The first kappa shape index (κ1) is 12.4. The molecule has 0 aliphatic rings. The van der Waals surface area contributed by atoms with Crippen LogP contribution < -0.4 is 10.1 Å². The number of benzene rings is 1. The van der Waals surface area contributed by atoms with E-state index < -0.39 is 0 Å². The molecule has 0 heterocycles. The van der Waals surface area contributed by atoms with Gasteiger partial charge in [0.15, 0.2) is 0 Å². The summed E-state index contributed by atoms with van der Waals surface area (Å²) in [5.74, 6) is 0.0192. The number of methoxy groups -OCH3 is 1. The maximum atomic E-state index is 11.8. The molecule has 16 heavy (non-hydrogen) atoms. The third-order valence-corrected chi connectivity index (χ3v) is 2.27. The van der Waals surface area contributed by atoms with Crippen molar-refractivity contribution in [3.8, 4) is 11.5 Å². The van der Waals surface area contributed by atoms with E-state index in [9.17, 15) is 9.90 Å². The molecule has 0 radical (unpaired) electrons. The molecule has 0 aliphatic carbocycles. The van der Waals surface area contributed by atoms with Gasteiger partial charge in [0.1, 0.15) is 17.1 Å². The molecule has 0 aromatic heterocycles. The Morgan fingerprint density at radius 2 is 2.25 bits per heavy atom. The number of ether oxygens (including phenoxy) is 1. The van der Waals surface area contributed by atoms with Gasteiger partial charge < -0.3 is 15.2 Å². The lowest BCUT2D eigenvalue weighted by Gasteiger charge is -2.10. The summed E-state index contributed by atoms with van der Waals surface area (Å²) in [6, 6.07) is 4.75. The second-order valence-corrected chi connectivity index (χ2v) is 3.46. The predicted molar refractivity (Wildman–Crippen MR) is 61.9 cm³/mol. The molecule has 0 bridgehead atoms. The van der Waals surface area contributed by atoms with Gasteiger partial charge in [0, 0.05) is 6.54 Å². The van der Waals surface area contributed by atoms with Crippen LogP contribution in [0, 0.1) is 0 Å². The fourth-order valence-corrected chi connectivity index (χ4v) is 1.38. The number of aromatic hydroxyl groups is 1. The number of hydrogen-bond acceptors (Lipinski definition) is 3. The molecule has 1 amide bonds. The zero-order valence-electron chi connectivity index (χ0n) is 9.62. The molecule has 4 nitrogen and oxygen atoms in total. The van der Waals surface area contributed by atoms with Crippen molar-refractivity contribution in [3.05, 3.63) is 23.8 Å². The molecule has 0 atom stereocenters. The molecule has 0 saturated heterocycles. The molecule has 0 fully saturated rings. The minimum atomic E-state index is -0.302. The molecule has 0 saturated carbocycles. The van der Waals surface area contributed by atoms with Crippen LogP contribution in [0.5, 0.6) is 11.5 Å². The van der Waals surface area contributed by atoms with Crippen molar-refractivity contribution in [1.29, 1.82) is 0 Å². The molecule has 1 aromatic rings. The van der Waals surface area contributed by atoms with E-state index in [2.05, 4.69) is 5.32 Å². The Labute approximate surface area is 95.2 Å². The van der Waals surface area contributed by atoms with E-state index in [1.54, 1.807) is 12.1 Å². The van der Waals surface area contributed by atoms with Gasteiger partial charge in [-0.25, -0.2) is 0 Å². The van der Waals surface area contributed by atoms with Crippen molar-refractivity contribution >= 4 is 5.91 Å². The smallest absolute Gasteiger partial charge is 0.258 e. The summed E-state index contributed by atoms with van der Waals surface area (Å²) in [5, 5.41) is 12.3. The number of nitrogens with one attached hydrogen (secondary N) is 1. The first-order valence-electron chi connectivity index (χ1n) is 5.34. The van der Waals surface area contributed by atoms with Crippen LogP contribution in [0.15, 0.2) is 18.2 Å². The lowest BCUT2D eigenvalue weighted by atomic mass is 10.1. The highest BCUT2D eigenvalue weighted by atomic mass is 16.5. The zero-order valence-corrected chi connectivity index (χ0v) is 9.62. The van der Waals surface area contributed by atoms with E-state index in [1.807, 2.05) is 6.92 Å². The first-order chi connectivity index (χ1) is 7.70. The Hall–Kier alpha value is -1.71. The lowest BCUT2D eigenvalue weighted by molar-refractivity contribution is 0.0947. The Bertz CT molecular complexity index is 363. The van der Waals surface area contributed by atoms with Gasteiger partial charge in [-0.2, -0.15) is 0 Å². The van der Waals surface area contributed by atoms with Gasteiger partial charge in [0.05, 0.1) is 7.11 Å². The summed E-state index contributed by atoms with van der Waals surface area (Å²) in [4.78, 5) is 11.8. The van der Waals surface area contributed by atoms with Crippen molar-refractivity contribution in [1.82, 2.24) is 5.32 Å². The van der Waals surface area contributed by atoms with Gasteiger partial charge in [-0.05, 0) is 18.6 Å². The second kappa shape index (κ2) is 6.00. The quantitative estimate of drug-likeness (QED) is 0.750. The van der Waals surface area contributed by atoms with E-state index in [0.29, 0.717) is 12.3 Å². The van der Waals surface area contributed by atoms with Crippen LogP contribution >= 0.6 is 0 Å². The standard InChI is InChI=1S/C12H17NO3/c1-3-4-8-13-12(15)11-9(14)6-5-7-10(11)16-2/h5-7,14H,3-4,8H2,1-2H3,(H,13,15). The van der Waals surface area contributed by atoms with Crippen molar-refractivity contribution in [2.24, 2.45) is 0 Å². The number of carbonyl (C=O) groups excluding carboxylic acids is 1. The summed E-state index contributed by atoms with van der Waals surface area (Å²) in [6.45, 7) is 2.65. The molecule has 0 unspecified atom stereocenters. The van der Waals surface area contributed by atoms with E-state index in [0.717, 1.165) is 12.8 Å². The highest BCUT2D eigenvalue weighted by Gasteiger charge is 2.15. The molecule has 2 N–H and O–H groups in total. The summed E-state index contributed by atoms with van der Waals surface area (Å²) in [6.07, 6.45) is 1.93. The Morgan fingerprint density at radius 3 is 2.88 bits per heavy atom. The van der Waals surface area contributed by atoms with E-state index in [1.165, 1.54) is 13.2 Å². The Kier molecular flexibility index (Phi) is 4.64. The summed E-state index contributed by atoms with van der Waals surface area (Å²) >= 11 is 0. The number of amides is 1. The van der Waals surface area contributed by atoms with Gasteiger partial charge in [-0.3, -0.25) is 4.79 Å². The normalized spacial score (nSPS) is 9.88. The van der Waals surface area contributed by atoms with Crippen LogP contribution in [0.2, 0.25) is 0 Å². The topological polar surface area (TPSA) is 58.6 Å². The highest BCUT2D eigenvalue weighted by Crippen LogP contribution is 2.26. The molecule has 4 heteroatoms. The second-order valence-electron chi connectivity index (χ2n) is 3.46. The summed E-state index contributed by atoms with van der Waals surface area (Å²) < 4.78 is 5.03. The predicted octanol–water partition coefficient (Wildman–Crippen LogP) is 1.93. The van der Waals surface area contributed by atoms with Crippen molar-refractivity contribution < 1.29 is 14.6 Å². The maximum Gasteiger partial charge on any atom is 0.258 e. The minimum Gasteiger partial charge on any atom is -0.507 e. The third-order valence-electron chi connectivity index (χ3n) is 2.27. The number of unbranched alkanes of at least 4 members (excludes halogenated alkanes) is 1. The number of phenolic OH excluding ortho intramolecular Hbond substituents is 1. The zero-order chi connectivity index (χ0) is 12.0. The molecule has 0 aliphatic heterocycles. The van der Waals surface area contributed by atoms with E-state index >= 15 is 0 Å². The van der Waals surface area contributed by atoms with Crippen LogP contribution in [-0.2, 0) is 0 Å². The minimum absolute atomic E-state index is 0.0617. The number of carbonyl (C=O) groups is 1. The Balaban J connectivity index is 2.81. The van der Waals surface area contributed by atoms with Crippen molar-refractivity contribution in [3.63, 3.8) is 0 Å². The average molecular weight is 223 g/mol. The fourth-order valence-electron chi connectivity index (χ4n) is 1.38. The molecule has 0 spiro atoms. The lowest BCUT2D eigenvalue weighted by Crippen LogP contribution is -2.24. The SMILES string of the molecule is CCCCNC(=O)c1c(O)cccc1OC. The van der Waals surface area contributed by atoms with Crippen LogP contribution in [0.1, 0.15) is 30.1 Å². The van der Waals surface area contributed by atoms with E-state index in [4.69, 9.17) is 4.74 Å². The van der Waals surface area contributed by atoms with Gasteiger partial charge >= 0.3 is 0 Å². The van der Waals surface area contributed by atoms with Gasteiger partial charge in [-0.1, -0.05) is 19.4 Å². The monoisotopic (exact) mass is 223 g/mol.